The minimum atomic E-state index is -2.74. The number of phenolic OH excluding ortho intramolecular Hbond substituents is 3. The zero-order chi connectivity index (χ0) is 20.7. The van der Waals surface area contributed by atoms with Crippen molar-refractivity contribution in [1.82, 2.24) is 0 Å². The van der Waals surface area contributed by atoms with E-state index in [0.29, 0.717) is 17.2 Å². The Bertz CT molecular complexity index is 883. The van der Waals surface area contributed by atoms with Gasteiger partial charge in [0.05, 0.1) is 0 Å². The molecule has 3 N–H and O–H groups in total. The van der Waals surface area contributed by atoms with Crippen molar-refractivity contribution in [3.8, 4) is 17.2 Å². The molecule has 0 amide bonds. The Morgan fingerprint density at radius 3 is 0.786 bits per heavy atom. The second-order valence-electron chi connectivity index (χ2n) is 5.61. The quantitative estimate of drug-likeness (QED) is 0.258. The third-order valence-corrected chi connectivity index (χ3v) is 17.7. The molecule has 3 rings (SSSR count). The van der Waals surface area contributed by atoms with Crippen molar-refractivity contribution in [2.24, 2.45) is 0 Å². The molecule has 3 nitrogen and oxygen atoms in total. The van der Waals surface area contributed by atoms with Gasteiger partial charge in [-0.15, -0.1) is 0 Å². The normalized spacial score (nSPS) is 10.9. The first-order chi connectivity index (χ1) is 13.1. The van der Waals surface area contributed by atoms with Crippen molar-refractivity contribution in [3.63, 3.8) is 0 Å². The van der Waals surface area contributed by atoms with Crippen LogP contribution in [0, 0.1) is 21.4 Å². The molecule has 0 heterocycles. The molecule has 0 radical (unpaired) electrons. The number of halogens is 6. The summed E-state index contributed by atoms with van der Waals surface area (Å²) in [5, 5.41) is 30.7. The van der Waals surface area contributed by atoms with Crippen molar-refractivity contribution in [2.45, 2.75) is 0 Å². The van der Waals surface area contributed by atoms with Crippen molar-refractivity contribution in [3.05, 3.63) is 57.8 Å². The summed E-state index contributed by atoms with van der Waals surface area (Å²) in [4.78, 5) is 0. The third-order valence-electron chi connectivity index (χ3n) is 3.78. The van der Waals surface area contributed by atoms with Gasteiger partial charge in [-0.05, 0) is 0 Å². The Hall–Kier alpha value is 2.32. The van der Waals surface area contributed by atoms with E-state index in [0.717, 1.165) is 21.4 Å². The molecule has 3 aromatic rings. The average Bonchev–Trinajstić information content (AvgIpc) is 2.62. The fourth-order valence-corrected chi connectivity index (χ4v) is 23.3. The first-order valence-electron chi connectivity index (χ1n) is 7.44. The van der Waals surface area contributed by atoms with Crippen LogP contribution in [0.4, 0.5) is 0 Å². The number of hydrogen-bond acceptors (Lipinski definition) is 3. The maximum atomic E-state index is 10.2. The fourth-order valence-electron chi connectivity index (χ4n) is 2.49. The van der Waals surface area contributed by atoms with Gasteiger partial charge in [-0.1, -0.05) is 0 Å². The van der Waals surface area contributed by atoms with E-state index in [4.69, 9.17) is 0 Å². The summed E-state index contributed by atoms with van der Waals surface area (Å²) in [7, 11) is 0. The molecule has 0 fully saturated rings. The molecular formula is C18H9BiI6O3+2. The van der Waals surface area contributed by atoms with E-state index >= 15 is 0 Å². The standard InChI is InChI=1S/3C6H3I2O.Bi/c3*7-4-2-1-3-5(8)6(4)9;/h3*2-3,9H;/q;;;+2. The van der Waals surface area contributed by atoms with E-state index in [1.54, 1.807) is 0 Å². The molecule has 0 unspecified atom stereocenters. The Morgan fingerprint density at radius 2 is 0.607 bits per heavy atom. The van der Waals surface area contributed by atoms with Crippen LogP contribution < -0.4 is 9.81 Å². The molecule has 0 atom stereocenters. The molecular weight excluding hydrogens is 1230 g/mol. The van der Waals surface area contributed by atoms with E-state index in [1.165, 1.54) is 9.81 Å². The van der Waals surface area contributed by atoms with Crippen LogP contribution in [-0.2, 0) is 0 Å². The molecule has 28 heavy (non-hydrogen) atoms. The Morgan fingerprint density at radius 1 is 0.429 bits per heavy atom. The van der Waals surface area contributed by atoms with Gasteiger partial charge in [0.1, 0.15) is 0 Å². The molecule has 0 aliphatic rings. The fraction of sp³-hybridized carbons (Fsp3) is 0. The summed E-state index contributed by atoms with van der Waals surface area (Å²) in [6, 6.07) is 12.5. The van der Waals surface area contributed by atoms with E-state index < -0.39 is 21.8 Å². The Balaban J connectivity index is 2.32. The molecule has 0 aromatic heterocycles. The molecule has 0 bridgehead atoms. The zero-order valence-corrected chi connectivity index (χ0v) is 29.9. The van der Waals surface area contributed by atoms with Gasteiger partial charge >= 0.3 is 257 Å². The van der Waals surface area contributed by atoms with Gasteiger partial charge in [0, 0.05) is 0 Å². The molecule has 0 aliphatic carbocycles. The second-order valence-corrected chi connectivity index (χ2v) is 21.2. The van der Waals surface area contributed by atoms with Crippen LogP contribution in [-0.4, -0.2) is 37.1 Å². The number of benzene rings is 3. The topological polar surface area (TPSA) is 60.7 Å². The van der Waals surface area contributed by atoms with Gasteiger partial charge in [0.25, 0.3) is 0 Å². The maximum absolute atomic E-state index is 10.2. The predicted molar refractivity (Wildman–Crippen MR) is 165 cm³/mol. The molecule has 0 saturated carbocycles. The van der Waals surface area contributed by atoms with Crippen LogP contribution in [0.25, 0.3) is 0 Å². The van der Waals surface area contributed by atoms with E-state index in [9.17, 15) is 15.3 Å². The summed E-state index contributed by atoms with van der Waals surface area (Å²) in [5.74, 6) is 0.955. The zero-order valence-electron chi connectivity index (χ0n) is 13.5. The van der Waals surface area contributed by atoms with Crippen molar-refractivity contribution >= 4 is 167 Å². The summed E-state index contributed by atoms with van der Waals surface area (Å²) in [6.07, 6.45) is 0. The summed E-state index contributed by atoms with van der Waals surface area (Å²) < 4.78 is 8.77. The summed E-state index contributed by atoms with van der Waals surface area (Å²) in [5.41, 5.74) is 0. The number of rotatable bonds is 3. The Kier molecular flexibility index (Phi) is 9.36. The average molecular weight is 1240 g/mol. The van der Waals surface area contributed by atoms with Crippen LogP contribution in [0.1, 0.15) is 0 Å². The van der Waals surface area contributed by atoms with Gasteiger partial charge in [-0.3, -0.25) is 0 Å². The van der Waals surface area contributed by atoms with Gasteiger partial charge in [-0.2, -0.15) is 0 Å². The molecule has 10 heteroatoms. The number of phenols is 3. The van der Waals surface area contributed by atoms with Gasteiger partial charge < -0.3 is 0 Å². The second kappa shape index (κ2) is 10.5. The third kappa shape index (κ3) is 5.44. The first-order valence-corrected chi connectivity index (χ1v) is 19.1. The van der Waals surface area contributed by atoms with Crippen molar-refractivity contribution < 1.29 is 15.3 Å². The number of hydrogen-bond donors (Lipinski definition) is 3. The van der Waals surface area contributed by atoms with E-state index in [2.05, 4.69) is 172 Å². The predicted octanol–water partition coefficient (Wildman–Crippen LogP) is 4.95. The minimum absolute atomic E-state index is 0.318. The summed E-state index contributed by atoms with van der Waals surface area (Å²) >= 11 is 10.3. The monoisotopic (exact) mass is 1240 g/mol. The van der Waals surface area contributed by atoms with Crippen LogP contribution >= 0.6 is 136 Å². The van der Waals surface area contributed by atoms with Crippen LogP contribution in [0.15, 0.2) is 36.4 Å². The van der Waals surface area contributed by atoms with E-state index in [1.807, 2.05) is 0 Å². The number of aromatic hydroxyl groups is 3. The van der Waals surface area contributed by atoms with Crippen molar-refractivity contribution in [1.29, 1.82) is 0 Å². The molecule has 144 valence electrons. The molecule has 3 aromatic carbocycles. The Labute approximate surface area is 252 Å². The van der Waals surface area contributed by atoms with Gasteiger partial charge in [0.15, 0.2) is 0 Å². The van der Waals surface area contributed by atoms with E-state index in [-0.39, 0.29) is 0 Å². The SMILES string of the molecule is Oc1c(I)c[c]([Bi+2]([c]2cc(I)c(O)c(I)c2)[c]2cc(I)c(O)c(I)c2)cc1I. The molecule has 0 spiro atoms. The van der Waals surface area contributed by atoms with Crippen LogP contribution in [0.3, 0.4) is 0 Å². The van der Waals surface area contributed by atoms with Gasteiger partial charge in [-0.25, -0.2) is 0 Å². The van der Waals surface area contributed by atoms with Gasteiger partial charge in [0.2, 0.25) is 0 Å². The molecule has 0 aliphatic heterocycles. The van der Waals surface area contributed by atoms with Crippen LogP contribution in [0.5, 0.6) is 17.2 Å². The molecule has 0 saturated heterocycles. The summed E-state index contributed by atoms with van der Waals surface area (Å²) in [6.45, 7) is 0. The van der Waals surface area contributed by atoms with Crippen molar-refractivity contribution in [2.75, 3.05) is 0 Å². The first kappa shape index (κ1) is 25.0. The van der Waals surface area contributed by atoms with Crippen LogP contribution in [0.2, 0.25) is 0 Å².